The Bertz CT molecular complexity index is 194. The van der Waals surface area contributed by atoms with Gasteiger partial charge in [0.25, 0.3) is 0 Å². The van der Waals surface area contributed by atoms with E-state index >= 15 is 0 Å². The van der Waals surface area contributed by atoms with Crippen molar-refractivity contribution in [3.8, 4) is 0 Å². The molecule has 0 aromatic rings. The number of hydrogen-bond acceptors (Lipinski definition) is 3. The van der Waals surface area contributed by atoms with E-state index in [0.29, 0.717) is 0 Å². The lowest BCUT2D eigenvalue weighted by Gasteiger charge is -2.34. The van der Waals surface area contributed by atoms with Gasteiger partial charge in [0.05, 0.1) is 12.1 Å². The van der Waals surface area contributed by atoms with E-state index < -0.39 is 0 Å². The lowest BCUT2D eigenvalue weighted by Crippen LogP contribution is -2.51. The fourth-order valence-corrected chi connectivity index (χ4v) is 1.91. The van der Waals surface area contributed by atoms with Crippen molar-refractivity contribution < 1.29 is 4.79 Å². The van der Waals surface area contributed by atoms with Gasteiger partial charge in [-0.2, -0.15) is 0 Å². The molecule has 0 rings (SSSR count). The van der Waals surface area contributed by atoms with Gasteiger partial charge in [-0.1, -0.05) is 6.92 Å². The van der Waals surface area contributed by atoms with Crippen LogP contribution >= 0.6 is 0 Å². The highest BCUT2D eigenvalue weighted by molar-refractivity contribution is 5.79. The number of amides is 1. The highest BCUT2D eigenvalue weighted by Crippen LogP contribution is 2.11. The van der Waals surface area contributed by atoms with Gasteiger partial charge in [0, 0.05) is 6.04 Å². The molecule has 0 aliphatic rings. The second-order valence-corrected chi connectivity index (χ2v) is 4.79. The molecule has 0 aliphatic carbocycles. The minimum absolute atomic E-state index is 0.0441. The molecule has 90 valence electrons. The maximum absolute atomic E-state index is 11.8. The molecule has 1 unspecified atom stereocenters. The molecule has 1 N–H and O–H groups in total. The first-order valence-corrected chi connectivity index (χ1v) is 5.40. The molecule has 0 heterocycles. The third-order valence-electron chi connectivity index (χ3n) is 2.35. The summed E-state index contributed by atoms with van der Waals surface area (Å²) in [7, 11) is 7.96. The van der Waals surface area contributed by atoms with Crippen LogP contribution in [0.4, 0.5) is 0 Å². The molecule has 0 spiro atoms. The standard InChI is InChI=1S/C11H25N3O/c1-8(2)12-10(15)9(3)11(13(4)5)14(6)7/h8-9,11H,1-7H3,(H,12,15). The summed E-state index contributed by atoms with van der Waals surface area (Å²) >= 11 is 0. The van der Waals surface area contributed by atoms with E-state index in [1.807, 2.05) is 49.0 Å². The third kappa shape index (κ3) is 4.62. The van der Waals surface area contributed by atoms with Gasteiger partial charge in [0.1, 0.15) is 0 Å². The Morgan fingerprint density at radius 1 is 1.00 bits per heavy atom. The van der Waals surface area contributed by atoms with E-state index in [-0.39, 0.29) is 24.0 Å². The first kappa shape index (κ1) is 14.4. The number of carbonyl (C=O) groups is 1. The first-order chi connectivity index (χ1) is 6.77. The molecule has 0 saturated heterocycles. The van der Waals surface area contributed by atoms with Crippen LogP contribution in [-0.4, -0.2) is 56.1 Å². The Balaban J connectivity index is 4.49. The van der Waals surface area contributed by atoms with Crippen LogP contribution < -0.4 is 5.32 Å². The summed E-state index contributed by atoms with van der Waals surface area (Å²) in [6, 6.07) is 0.199. The van der Waals surface area contributed by atoms with Crippen molar-refractivity contribution in [1.82, 2.24) is 15.1 Å². The zero-order chi connectivity index (χ0) is 12.2. The molecular weight excluding hydrogens is 190 g/mol. The monoisotopic (exact) mass is 215 g/mol. The Morgan fingerprint density at radius 3 is 1.67 bits per heavy atom. The summed E-state index contributed by atoms with van der Waals surface area (Å²) in [5.74, 6) is 0.0646. The number of rotatable bonds is 5. The smallest absolute Gasteiger partial charge is 0.225 e. The molecular formula is C11H25N3O. The zero-order valence-electron chi connectivity index (χ0n) is 11.0. The van der Waals surface area contributed by atoms with E-state index in [9.17, 15) is 4.79 Å². The van der Waals surface area contributed by atoms with Gasteiger partial charge in [-0.15, -0.1) is 0 Å². The second-order valence-electron chi connectivity index (χ2n) is 4.79. The molecule has 4 nitrogen and oxygen atoms in total. The molecule has 1 atom stereocenters. The van der Waals surface area contributed by atoms with Crippen LogP contribution in [0.2, 0.25) is 0 Å². The number of hydrogen-bond donors (Lipinski definition) is 1. The van der Waals surface area contributed by atoms with Crippen molar-refractivity contribution >= 4 is 5.91 Å². The van der Waals surface area contributed by atoms with E-state index in [1.54, 1.807) is 0 Å². The summed E-state index contributed by atoms with van der Waals surface area (Å²) in [5, 5.41) is 2.94. The number of carbonyl (C=O) groups excluding carboxylic acids is 1. The van der Waals surface area contributed by atoms with Gasteiger partial charge >= 0.3 is 0 Å². The average Bonchev–Trinajstić information content (AvgIpc) is 2.00. The number of nitrogens with zero attached hydrogens (tertiary/aromatic N) is 2. The molecule has 4 heteroatoms. The first-order valence-electron chi connectivity index (χ1n) is 5.40. The van der Waals surface area contributed by atoms with Crippen LogP contribution in [0.15, 0.2) is 0 Å². The Morgan fingerprint density at radius 2 is 1.40 bits per heavy atom. The van der Waals surface area contributed by atoms with Crippen molar-refractivity contribution in [1.29, 1.82) is 0 Å². The summed E-state index contributed by atoms with van der Waals surface area (Å²) in [4.78, 5) is 16.0. The predicted octanol–water partition coefficient (Wildman–Crippen LogP) is 0.596. The van der Waals surface area contributed by atoms with Crippen molar-refractivity contribution in [2.75, 3.05) is 28.2 Å². The lowest BCUT2D eigenvalue weighted by molar-refractivity contribution is -0.129. The van der Waals surface area contributed by atoms with E-state index in [1.165, 1.54) is 0 Å². The minimum Gasteiger partial charge on any atom is -0.354 e. The number of nitrogens with one attached hydrogen (secondary N) is 1. The van der Waals surface area contributed by atoms with E-state index in [4.69, 9.17) is 0 Å². The molecule has 1 amide bonds. The molecule has 15 heavy (non-hydrogen) atoms. The summed E-state index contributed by atoms with van der Waals surface area (Å²) in [5.41, 5.74) is 0. The Hall–Kier alpha value is -0.610. The van der Waals surface area contributed by atoms with Crippen molar-refractivity contribution in [2.45, 2.75) is 33.0 Å². The van der Waals surface area contributed by atoms with Gasteiger partial charge in [-0.3, -0.25) is 14.6 Å². The molecule has 0 fully saturated rings. The van der Waals surface area contributed by atoms with Crippen molar-refractivity contribution in [2.24, 2.45) is 5.92 Å². The van der Waals surface area contributed by atoms with E-state index in [0.717, 1.165) is 0 Å². The molecule has 0 saturated carbocycles. The Labute approximate surface area is 93.6 Å². The van der Waals surface area contributed by atoms with Gasteiger partial charge in [0.2, 0.25) is 5.91 Å². The fraction of sp³-hybridized carbons (Fsp3) is 0.909. The van der Waals surface area contributed by atoms with Crippen LogP contribution in [0.3, 0.4) is 0 Å². The van der Waals surface area contributed by atoms with Gasteiger partial charge in [0.15, 0.2) is 0 Å². The maximum Gasteiger partial charge on any atom is 0.225 e. The predicted molar refractivity (Wildman–Crippen MR) is 63.6 cm³/mol. The average molecular weight is 215 g/mol. The van der Waals surface area contributed by atoms with Gasteiger partial charge in [-0.05, 0) is 42.0 Å². The highest BCUT2D eigenvalue weighted by atomic mass is 16.2. The molecule has 0 aromatic heterocycles. The van der Waals surface area contributed by atoms with Crippen LogP contribution in [0.5, 0.6) is 0 Å². The fourth-order valence-electron chi connectivity index (χ4n) is 1.91. The molecule has 0 bridgehead atoms. The zero-order valence-corrected chi connectivity index (χ0v) is 11.0. The molecule has 0 aromatic carbocycles. The highest BCUT2D eigenvalue weighted by Gasteiger charge is 2.27. The minimum atomic E-state index is -0.0441. The second kappa shape index (κ2) is 6.08. The van der Waals surface area contributed by atoms with Gasteiger partial charge < -0.3 is 5.32 Å². The van der Waals surface area contributed by atoms with Crippen molar-refractivity contribution in [3.05, 3.63) is 0 Å². The lowest BCUT2D eigenvalue weighted by atomic mass is 10.1. The summed E-state index contributed by atoms with van der Waals surface area (Å²) in [6.07, 6.45) is 0.128. The van der Waals surface area contributed by atoms with Crippen LogP contribution in [0, 0.1) is 5.92 Å². The van der Waals surface area contributed by atoms with Crippen molar-refractivity contribution in [3.63, 3.8) is 0 Å². The van der Waals surface area contributed by atoms with Crippen LogP contribution in [0.1, 0.15) is 20.8 Å². The molecule has 0 radical (unpaired) electrons. The Kier molecular flexibility index (Phi) is 5.83. The normalized spacial score (nSPS) is 14.1. The van der Waals surface area contributed by atoms with Gasteiger partial charge in [-0.25, -0.2) is 0 Å². The third-order valence-corrected chi connectivity index (χ3v) is 2.35. The SMILES string of the molecule is CC(C)NC(=O)C(C)C(N(C)C)N(C)C. The molecule has 0 aliphatic heterocycles. The largest absolute Gasteiger partial charge is 0.354 e. The quantitative estimate of drug-likeness (QED) is 0.682. The summed E-state index contributed by atoms with van der Waals surface area (Å²) in [6.45, 7) is 5.91. The van der Waals surface area contributed by atoms with Crippen LogP contribution in [-0.2, 0) is 4.79 Å². The summed E-state index contributed by atoms with van der Waals surface area (Å²) < 4.78 is 0. The maximum atomic E-state index is 11.8. The van der Waals surface area contributed by atoms with E-state index in [2.05, 4.69) is 15.1 Å². The van der Waals surface area contributed by atoms with Crippen LogP contribution in [0.25, 0.3) is 0 Å². The topological polar surface area (TPSA) is 35.6 Å².